The molecule has 0 saturated heterocycles. The van der Waals surface area contributed by atoms with E-state index in [2.05, 4.69) is 15.3 Å². The molecule has 0 aliphatic carbocycles. The number of carbonyl (C=O) groups excluding carboxylic acids is 1. The number of rotatable bonds is 3. The minimum Gasteiger partial charge on any atom is -0.459 e. The van der Waals surface area contributed by atoms with Crippen LogP contribution < -0.4 is 5.32 Å². The lowest BCUT2D eigenvalue weighted by Crippen LogP contribution is -2.12. The molecule has 5 nitrogen and oxygen atoms in total. The van der Waals surface area contributed by atoms with Crippen molar-refractivity contribution in [1.29, 1.82) is 0 Å². The Kier molecular flexibility index (Phi) is 3.24. The molecule has 0 aliphatic heterocycles. The van der Waals surface area contributed by atoms with Crippen LogP contribution in [0.3, 0.4) is 0 Å². The molecule has 1 amide bonds. The zero-order chi connectivity index (χ0) is 13.8. The van der Waals surface area contributed by atoms with E-state index in [1.54, 1.807) is 24.4 Å². The predicted octanol–water partition coefficient (Wildman–Crippen LogP) is 2.99. The molecular formula is C15H11N3O2. The first-order valence-electron chi connectivity index (χ1n) is 6.06. The first kappa shape index (κ1) is 12.1. The molecule has 2 aromatic heterocycles. The van der Waals surface area contributed by atoms with Gasteiger partial charge in [0, 0.05) is 11.8 Å². The van der Waals surface area contributed by atoms with Gasteiger partial charge in [0.1, 0.15) is 5.82 Å². The van der Waals surface area contributed by atoms with Crippen molar-refractivity contribution in [1.82, 2.24) is 9.97 Å². The van der Waals surface area contributed by atoms with Crippen LogP contribution in [-0.2, 0) is 0 Å². The van der Waals surface area contributed by atoms with E-state index in [0.29, 0.717) is 11.6 Å². The monoisotopic (exact) mass is 265 g/mol. The maximum atomic E-state index is 11.9. The van der Waals surface area contributed by atoms with Gasteiger partial charge in [-0.05, 0) is 18.2 Å². The van der Waals surface area contributed by atoms with Crippen LogP contribution in [0.4, 0.5) is 5.82 Å². The molecule has 0 aliphatic rings. The molecule has 1 aromatic carbocycles. The van der Waals surface area contributed by atoms with Crippen LogP contribution in [0.2, 0.25) is 0 Å². The van der Waals surface area contributed by atoms with Crippen molar-refractivity contribution in [2.75, 3.05) is 5.32 Å². The van der Waals surface area contributed by atoms with Gasteiger partial charge in [0.2, 0.25) is 0 Å². The van der Waals surface area contributed by atoms with E-state index in [1.165, 1.54) is 6.26 Å². The van der Waals surface area contributed by atoms with Crippen molar-refractivity contribution in [3.05, 3.63) is 66.8 Å². The zero-order valence-corrected chi connectivity index (χ0v) is 10.5. The van der Waals surface area contributed by atoms with Crippen LogP contribution in [0.1, 0.15) is 10.6 Å². The van der Waals surface area contributed by atoms with E-state index >= 15 is 0 Å². The van der Waals surface area contributed by atoms with E-state index in [4.69, 9.17) is 4.42 Å². The third kappa shape index (κ3) is 2.56. The molecule has 5 heteroatoms. The van der Waals surface area contributed by atoms with Crippen molar-refractivity contribution in [3.8, 4) is 11.4 Å². The largest absolute Gasteiger partial charge is 0.459 e. The fourth-order valence-corrected chi connectivity index (χ4v) is 1.74. The van der Waals surface area contributed by atoms with Crippen LogP contribution in [0, 0.1) is 0 Å². The number of nitrogens with zero attached hydrogens (tertiary/aromatic N) is 2. The molecule has 0 radical (unpaired) electrons. The highest BCUT2D eigenvalue weighted by atomic mass is 16.3. The fraction of sp³-hybridized carbons (Fsp3) is 0. The maximum absolute atomic E-state index is 11.9. The normalized spacial score (nSPS) is 10.2. The summed E-state index contributed by atoms with van der Waals surface area (Å²) in [6.45, 7) is 0. The molecule has 0 atom stereocenters. The summed E-state index contributed by atoms with van der Waals surface area (Å²) in [5.74, 6) is 0.890. The Morgan fingerprint density at radius 3 is 2.65 bits per heavy atom. The lowest BCUT2D eigenvalue weighted by atomic mass is 10.2. The Morgan fingerprint density at radius 2 is 1.90 bits per heavy atom. The van der Waals surface area contributed by atoms with E-state index in [9.17, 15) is 4.79 Å². The van der Waals surface area contributed by atoms with Crippen LogP contribution in [-0.4, -0.2) is 15.9 Å². The van der Waals surface area contributed by atoms with E-state index in [-0.39, 0.29) is 11.7 Å². The van der Waals surface area contributed by atoms with Gasteiger partial charge in [0.25, 0.3) is 5.91 Å². The van der Waals surface area contributed by atoms with Gasteiger partial charge in [-0.15, -0.1) is 0 Å². The van der Waals surface area contributed by atoms with Gasteiger partial charge in [-0.2, -0.15) is 0 Å². The second-order valence-electron chi connectivity index (χ2n) is 4.06. The summed E-state index contributed by atoms with van der Waals surface area (Å²) in [6, 6.07) is 14.4. The lowest BCUT2D eigenvalue weighted by Gasteiger charge is -2.04. The molecule has 20 heavy (non-hydrogen) atoms. The molecule has 0 saturated carbocycles. The standard InChI is InChI=1S/C15H11N3O2/c19-15(12-7-4-10-20-12)18-13-8-9-16-14(17-13)11-5-2-1-3-6-11/h1-10H,(H,16,17,18,19). The highest BCUT2D eigenvalue weighted by molar-refractivity contribution is 6.01. The zero-order valence-electron chi connectivity index (χ0n) is 10.5. The number of carbonyl (C=O) groups is 1. The summed E-state index contributed by atoms with van der Waals surface area (Å²) in [6.07, 6.45) is 3.05. The summed E-state index contributed by atoms with van der Waals surface area (Å²) in [5, 5.41) is 2.67. The van der Waals surface area contributed by atoms with Crippen molar-refractivity contribution >= 4 is 11.7 Å². The number of nitrogens with one attached hydrogen (secondary N) is 1. The number of benzene rings is 1. The molecule has 3 rings (SSSR count). The van der Waals surface area contributed by atoms with Gasteiger partial charge >= 0.3 is 0 Å². The minimum atomic E-state index is -0.340. The number of anilines is 1. The van der Waals surface area contributed by atoms with E-state index in [1.807, 2.05) is 30.3 Å². The van der Waals surface area contributed by atoms with Gasteiger partial charge < -0.3 is 9.73 Å². The fourth-order valence-electron chi connectivity index (χ4n) is 1.74. The van der Waals surface area contributed by atoms with Gasteiger partial charge in [0.15, 0.2) is 11.6 Å². The molecule has 1 N–H and O–H groups in total. The maximum Gasteiger partial charge on any atom is 0.292 e. The first-order chi connectivity index (χ1) is 9.83. The second-order valence-corrected chi connectivity index (χ2v) is 4.06. The van der Waals surface area contributed by atoms with E-state index < -0.39 is 0 Å². The Bertz CT molecular complexity index is 709. The highest BCUT2D eigenvalue weighted by Gasteiger charge is 2.10. The average Bonchev–Trinajstić information content (AvgIpc) is 3.03. The third-order valence-corrected chi connectivity index (χ3v) is 2.67. The van der Waals surface area contributed by atoms with Gasteiger partial charge in [0.05, 0.1) is 6.26 Å². The van der Waals surface area contributed by atoms with Crippen molar-refractivity contribution in [2.45, 2.75) is 0 Å². The van der Waals surface area contributed by atoms with Crippen molar-refractivity contribution < 1.29 is 9.21 Å². The number of aromatic nitrogens is 2. The summed E-state index contributed by atoms with van der Waals surface area (Å²) in [5.41, 5.74) is 0.890. The second kappa shape index (κ2) is 5.36. The SMILES string of the molecule is O=C(Nc1ccnc(-c2ccccc2)n1)c1ccco1. The number of hydrogen-bond acceptors (Lipinski definition) is 4. The third-order valence-electron chi connectivity index (χ3n) is 2.67. The van der Waals surface area contributed by atoms with E-state index in [0.717, 1.165) is 5.56 Å². The number of hydrogen-bond donors (Lipinski definition) is 1. The predicted molar refractivity (Wildman–Crippen MR) is 74.1 cm³/mol. The van der Waals surface area contributed by atoms with Gasteiger partial charge in [-0.1, -0.05) is 30.3 Å². The molecule has 0 spiro atoms. The van der Waals surface area contributed by atoms with Crippen LogP contribution in [0.15, 0.2) is 65.4 Å². The molecule has 0 fully saturated rings. The summed E-state index contributed by atoms with van der Waals surface area (Å²) in [4.78, 5) is 20.4. The molecule has 0 unspecified atom stereocenters. The topological polar surface area (TPSA) is 68.0 Å². The van der Waals surface area contributed by atoms with Gasteiger partial charge in [-0.25, -0.2) is 9.97 Å². The summed E-state index contributed by atoms with van der Waals surface area (Å²) < 4.78 is 5.03. The van der Waals surface area contributed by atoms with Crippen LogP contribution in [0.25, 0.3) is 11.4 Å². The smallest absolute Gasteiger partial charge is 0.292 e. The van der Waals surface area contributed by atoms with Gasteiger partial charge in [-0.3, -0.25) is 4.79 Å². The highest BCUT2D eigenvalue weighted by Crippen LogP contribution is 2.16. The quantitative estimate of drug-likeness (QED) is 0.790. The lowest BCUT2D eigenvalue weighted by molar-refractivity contribution is 0.0996. The van der Waals surface area contributed by atoms with Crippen LogP contribution in [0.5, 0.6) is 0 Å². The molecule has 0 bridgehead atoms. The number of amides is 1. The van der Waals surface area contributed by atoms with Crippen molar-refractivity contribution in [3.63, 3.8) is 0 Å². The Balaban J connectivity index is 1.83. The Labute approximate surface area is 115 Å². The molecule has 98 valence electrons. The Morgan fingerprint density at radius 1 is 1.05 bits per heavy atom. The summed E-state index contributed by atoms with van der Waals surface area (Å²) in [7, 11) is 0. The molecule has 3 aromatic rings. The van der Waals surface area contributed by atoms with Crippen molar-refractivity contribution in [2.24, 2.45) is 0 Å². The van der Waals surface area contributed by atoms with Crippen LogP contribution >= 0.6 is 0 Å². The molecule has 2 heterocycles. The number of furan rings is 1. The molecular weight excluding hydrogens is 254 g/mol. The average molecular weight is 265 g/mol. The Hall–Kier alpha value is -2.95. The first-order valence-corrected chi connectivity index (χ1v) is 6.06. The minimum absolute atomic E-state index is 0.241. The summed E-state index contributed by atoms with van der Waals surface area (Å²) >= 11 is 0.